The molecule has 0 radical (unpaired) electrons. The van der Waals surface area contributed by atoms with Gasteiger partial charge >= 0.3 is 5.97 Å². The SMILES string of the molecule is NCCCCCOC1(C(=O)O)CC(O)C(O)C(C(O)CO)O1. The lowest BCUT2D eigenvalue weighted by molar-refractivity contribution is -0.323. The zero-order valence-electron chi connectivity index (χ0n) is 12.3. The molecular formula is C13H25NO8. The van der Waals surface area contributed by atoms with Crippen LogP contribution in [0.1, 0.15) is 25.7 Å². The molecular weight excluding hydrogens is 298 g/mol. The minimum absolute atomic E-state index is 0.0665. The Hall–Kier alpha value is -0.810. The first-order valence-electron chi connectivity index (χ1n) is 7.28. The number of aliphatic hydroxyl groups is 4. The lowest BCUT2D eigenvalue weighted by Gasteiger charge is -2.43. The predicted octanol–water partition coefficient (Wildman–Crippen LogP) is -2.22. The number of aliphatic carboxylic acids is 1. The van der Waals surface area contributed by atoms with Crippen LogP contribution in [-0.2, 0) is 14.3 Å². The topological polar surface area (TPSA) is 163 Å². The molecule has 0 saturated carbocycles. The van der Waals surface area contributed by atoms with E-state index in [1.165, 1.54) is 0 Å². The molecule has 1 heterocycles. The quantitative estimate of drug-likeness (QED) is 0.258. The molecule has 22 heavy (non-hydrogen) atoms. The van der Waals surface area contributed by atoms with E-state index in [4.69, 9.17) is 20.3 Å². The molecule has 0 bridgehead atoms. The minimum Gasteiger partial charge on any atom is -0.477 e. The summed E-state index contributed by atoms with van der Waals surface area (Å²) in [6.07, 6.45) is -4.37. The number of carboxylic acid groups (broad SMARTS) is 1. The molecule has 0 spiro atoms. The molecule has 0 aliphatic carbocycles. The van der Waals surface area contributed by atoms with Crippen LogP contribution in [0.25, 0.3) is 0 Å². The summed E-state index contributed by atoms with van der Waals surface area (Å²) in [6, 6.07) is 0. The lowest BCUT2D eigenvalue weighted by Crippen LogP contribution is -2.62. The number of aliphatic hydroxyl groups excluding tert-OH is 4. The molecule has 1 rings (SSSR count). The summed E-state index contributed by atoms with van der Waals surface area (Å²) >= 11 is 0. The van der Waals surface area contributed by atoms with Gasteiger partial charge in [-0.25, -0.2) is 4.79 Å². The zero-order chi connectivity index (χ0) is 16.8. The van der Waals surface area contributed by atoms with Crippen LogP contribution in [0.5, 0.6) is 0 Å². The molecule has 9 heteroatoms. The van der Waals surface area contributed by atoms with E-state index in [9.17, 15) is 25.2 Å². The van der Waals surface area contributed by atoms with Gasteiger partial charge in [-0.3, -0.25) is 0 Å². The van der Waals surface area contributed by atoms with Crippen molar-refractivity contribution in [3.05, 3.63) is 0 Å². The summed E-state index contributed by atoms with van der Waals surface area (Å²) < 4.78 is 10.5. The number of hydrogen-bond acceptors (Lipinski definition) is 8. The van der Waals surface area contributed by atoms with Crippen LogP contribution in [0.2, 0.25) is 0 Å². The summed E-state index contributed by atoms with van der Waals surface area (Å²) in [7, 11) is 0. The smallest absolute Gasteiger partial charge is 0.364 e. The van der Waals surface area contributed by atoms with Gasteiger partial charge in [0.2, 0.25) is 0 Å². The monoisotopic (exact) mass is 323 g/mol. The van der Waals surface area contributed by atoms with Crippen LogP contribution in [-0.4, -0.2) is 81.5 Å². The van der Waals surface area contributed by atoms with Crippen molar-refractivity contribution in [2.45, 2.75) is 55.9 Å². The second-order valence-corrected chi connectivity index (χ2v) is 5.35. The highest BCUT2D eigenvalue weighted by atomic mass is 16.7. The van der Waals surface area contributed by atoms with E-state index in [1.807, 2.05) is 0 Å². The highest BCUT2D eigenvalue weighted by Gasteiger charge is 2.54. The molecule has 9 nitrogen and oxygen atoms in total. The summed E-state index contributed by atoms with van der Waals surface area (Å²) in [5.74, 6) is -3.63. The maximum Gasteiger partial charge on any atom is 0.364 e. The van der Waals surface area contributed by atoms with Gasteiger partial charge in [0.1, 0.15) is 18.3 Å². The summed E-state index contributed by atoms with van der Waals surface area (Å²) in [4.78, 5) is 11.5. The molecule has 1 aliphatic rings. The molecule has 1 aliphatic heterocycles. The molecule has 130 valence electrons. The Bertz CT molecular complexity index is 355. The number of unbranched alkanes of at least 4 members (excludes halogenated alkanes) is 2. The van der Waals surface area contributed by atoms with Crippen LogP contribution in [0, 0.1) is 0 Å². The average Bonchev–Trinajstić information content (AvgIpc) is 2.49. The van der Waals surface area contributed by atoms with Crippen LogP contribution in [0.3, 0.4) is 0 Å². The van der Waals surface area contributed by atoms with Gasteiger partial charge in [-0.05, 0) is 25.8 Å². The Kier molecular flexibility index (Phi) is 7.63. The number of carbonyl (C=O) groups is 1. The highest BCUT2D eigenvalue weighted by molar-refractivity contribution is 5.76. The van der Waals surface area contributed by atoms with Gasteiger partial charge in [-0.15, -0.1) is 0 Å². The number of rotatable bonds is 9. The fraction of sp³-hybridized carbons (Fsp3) is 0.923. The normalized spacial score (nSPS) is 33.6. The molecule has 1 fully saturated rings. The van der Waals surface area contributed by atoms with Gasteiger partial charge in [0.25, 0.3) is 5.79 Å². The summed E-state index contributed by atoms with van der Waals surface area (Å²) in [6.45, 7) is -0.159. The largest absolute Gasteiger partial charge is 0.477 e. The maximum atomic E-state index is 11.5. The first-order chi connectivity index (χ1) is 10.4. The molecule has 0 aromatic rings. The maximum absolute atomic E-state index is 11.5. The van der Waals surface area contributed by atoms with Gasteiger partial charge in [0, 0.05) is 6.42 Å². The third kappa shape index (κ3) is 4.59. The Morgan fingerprint density at radius 3 is 2.59 bits per heavy atom. The van der Waals surface area contributed by atoms with Crippen molar-refractivity contribution in [3.8, 4) is 0 Å². The second-order valence-electron chi connectivity index (χ2n) is 5.35. The van der Waals surface area contributed by atoms with E-state index in [0.717, 1.165) is 12.8 Å². The fourth-order valence-corrected chi connectivity index (χ4v) is 2.32. The predicted molar refractivity (Wildman–Crippen MR) is 73.8 cm³/mol. The van der Waals surface area contributed by atoms with Gasteiger partial charge in [-0.2, -0.15) is 0 Å². The van der Waals surface area contributed by atoms with E-state index in [1.54, 1.807) is 0 Å². The van der Waals surface area contributed by atoms with Gasteiger partial charge < -0.3 is 40.7 Å². The van der Waals surface area contributed by atoms with Crippen molar-refractivity contribution in [3.63, 3.8) is 0 Å². The molecule has 5 unspecified atom stereocenters. The van der Waals surface area contributed by atoms with Crippen molar-refractivity contribution in [2.75, 3.05) is 19.8 Å². The number of ether oxygens (including phenoxy) is 2. The summed E-state index contributed by atoms with van der Waals surface area (Å²) in [5, 5.41) is 47.6. The van der Waals surface area contributed by atoms with E-state index in [-0.39, 0.29) is 6.61 Å². The van der Waals surface area contributed by atoms with Crippen LogP contribution >= 0.6 is 0 Å². The van der Waals surface area contributed by atoms with Crippen LogP contribution in [0.15, 0.2) is 0 Å². The fourth-order valence-electron chi connectivity index (χ4n) is 2.32. The van der Waals surface area contributed by atoms with Crippen molar-refractivity contribution >= 4 is 5.97 Å². The number of carboxylic acids is 1. The molecule has 7 N–H and O–H groups in total. The van der Waals surface area contributed by atoms with Crippen LogP contribution < -0.4 is 5.73 Å². The van der Waals surface area contributed by atoms with E-state index in [2.05, 4.69) is 0 Å². The third-order valence-corrected chi connectivity index (χ3v) is 3.61. The third-order valence-electron chi connectivity index (χ3n) is 3.61. The standard InChI is InChI=1S/C13H25NO8/c14-4-2-1-3-5-21-13(12(19)20)6-8(16)10(18)11(22-13)9(17)7-15/h8-11,15-18H,1-7,14H2,(H,19,20). The number of hydrogen-bond donors (Lipinski definition) is 6. The molecule has 0 aromatic heterocycles. The number of nitrogens with two attached hydrogens (primary N) is 1. The van der Waals surface area contributed by atoms with E-state index >= 15 is 0 Å². The Balaban J connectivity index is 2.76. The molecule has 0 amide bonds. The van der Waals surface area contributed by atoms with E-state index in [0.29, 0.717) is 13.0 Å². The Morgan fingerprint density at radius 1 is 1.36 bits per heavy atom. The minimum atomic E-state index is -2.16. The average molecular weight is 323 g/mol. The van der Waals surface area contributed by atoms with E-state index < -0.39 is 49.2 Å². The summed E-state index contributed by atoms with van der Waals surface area (Å²) in [5.41, 5.74) is 5.36. The van der Waals surface area contributed by atoms with Crippen molar-refractivity contribution in [1.29, 1.82) is 0 Å². The van der Waals surface area contributed by atoms with Crippen molar-refractivity contribution in [1.82, 2.24) is 0 Å². The lowest BCUT2D eigenvalue weighted by atomic mass is 9.92. The van der Waals surface area contributed by atoms with Crippen molar-refractivity contribution < 1.29 is 39.8 Å². The van der Waals surface area contributed by atoms with Gasteiger partial charge in [0.05, 0.1) is 19.3 Å². The molecule has 5 atom stereocenters. The van der Waals surface area contributed by atoms with Crippen molar-refractivity contribution in [2.24, 2.45) is 5.73 Å². The van der Waals surface area contributed by atoms with Gasteiger partial charge in [0.15, 0.2) is 0 Å². The molecule has 1 saturated heterocycles. The second kappa shape index (κ2) is 8.73. The zero-order valence-corrected chi connectivity index (χ0v) is 12.3. The van der Waals surface area contributed by atoms with Crippen LogP contribution in [0.4, 0.5) is 0 Å². The Labute approximate surface area is 128 Å². The first kappa shape index (κ1) is 19.2. The van der Waals surface area contributed by atoms with Gasteiger partial charge in [-0.1, -0.05) is 0 Å². The highest BCUT2D eigenvalue weighted by Crippen LogP contribution is 2.32. The Morgan fingerprint density at radius 2 is 2.05 bits per heavy atom. The first-order valence-corrected chi connectivity index (χ1v) is 7.28. The molecule has 0 aromatic carbocycles.